The maximum atomic E-state index is 13.4. The van der Waals surface area contributed by atoms with Gasteiger partial charge in [-0.1, -0.05) is 6.92 Å². The van der Waals surface area contributed by atoms with Crippen LogP contribution in [0.4, 0.5) is 36.4 Å². The zero-order valence-electron chi connectivity index (χ0n) is 19.9. The first kappa shape index (κ1) is 23.4. The van der Waals surface area contributed by atoms with E-state index < -0.39 is 17.8 Å². The molecule has 0 saturated carbocycles. The molecule has 0 aliphatic carbocycles. The van der Waals surface area contributed by atoms with Crippen LogP contribution in [0.5, 0.6) is 0 Å². The highest BCUT2D eigenvalue weighted by atomic mass is 19.4. The third kappa shape index (κ3) is 4.92. The molecule has 4 heterocycles. The molecule has 7 nitrogen and oxygen atoms in total. The average Bonchev–Trinajstić information content (AvgIpc) is 2.77. The zero-order chi connectivity index (χ0) is 24.7. The van der Waals surface area contributed by atoms with Crippen molar-refractivity contribution in [1.29, 1.82) is 0 Å². The summed E-state index contributed by atoms with van der Waals surface area (Å²) in [5, 5.41) is 4.14. The topological polar surface area (TPSA) is 83.2 Å². The van der Waals surface area contributed by atoms with Crippen LogP contribution < -0.4 is 20.9 Å². The molecule has 10 heteroatoms. The van der Waals surface area contributed by atoms with Gasteiger partial charge < -0.3 is 20.9 Å². The van der Waals surface area contributed by atoms with E-state index in [0.29, 0.717) is 28.8 Å². The Bertz CT molecular complexity index is 1220. The van der Waals surface area contributed by atoms with Crippen molar-refractivity contribution in [2.45, 2.75) is 45.3 Å². The fourth-order valence-corrected chi connectivity index (χ4v) is 4.57. The number of anilines is 4. The Kier molecular flexibility index (Phi) is 6.06. The predicted octanol–water partition coefficient (Wildman–Crippen LogP) is 5.25. The van der Waals surface area contributed by atoms with E-state index in [9.17, 15) is 13.2 Å². The molecule has 0 spiro atoms. The predicted molar refractivity (Wildman–Crippen MR) is 133 cm³/mol. The van der Waals surface area contributed by atoms with Crippen LogP contribution in [0, 0.1) is 5.92 Å². The highest BCUT2D eigenvalue weighted by molar-refractivity contribution is 5.91. The molecule has 2 saturated heterocycles. The van der Waals surface area contributed by atoms with Gasteiger partial charge in [-0.05, 0) is 61.9 Å². The molecule has 1 unspecified atom stereocenters. The summed E-state index contributed by atoms with van der Waals surface area (Å²) in [6.45, 7) is 7.70. The fraction of sp³-hybridized carbons (Fsp3) is 0.480. The molecule has 2 fully saturated rings. The number of halogens is 3. The molecule has 1 atom stereocenters. The van der Waals surface area contributed by atoms with Crippen molar-refractivity contribution in [3.05, 3.63) is 41.6 Å². The summed E-state index contributed by atoms with van der Waals surface area (Å²) >= 11 is 0. The minimum absolute atomic E-state index is 0.0723. The number of pyridine rings is 1. The molecule has 3 N–H and O–H groups in total. The van der Waals surface area contributed by atoms with E-state index in [4.69, 9.17) is 15.7 Å². The van der Waals surface area contributed by atoms with Gasteiger partial charge in [-0.15, -0.1) is 0 Å². The number of nitrogens with one attached hydrogen (secondary N) is 1. The van der Waals surface area contributed by atoms with Crippen molar-refractivity contribution < 1.29 is 13.2 Å². The summed E-state index contributed by atoms with van der Waals surface area (Å²) in [7, 11) is 0. The Hall–Kier alpha value is -3.30. The molecular formula is C25H30F3N7. The second-order valence-corrected chi connectivity index (χ2v) is 9.69. The third-order valence-corrected chi connectivity index (χ3v) is 6.96. The summed E-state index contributed by atoms with van der Waals surface area (Å²) in [6.07, 6.45) is 0.607. The molecule has 5 rings (SSSR count). The van der Waals surface area contributed by atoms with Crippen LogP contribution in [0.2, 0.25) is 0 Å². The molecule has 3 aromatic rings. The first-order valence-corrected chi connectivity index (χ1v) is 12.1. The van der Waals surface area contributed by atoms with Gasteiger partial charge in [0.25, 0.3) is 0 Å². The summed E-state index contributed by atoms with van der Waals surface area (Å²) in [6, 6.07) is 5.18. The van der Waals surface area contributed by atoms with Crippen molar-refractivity contribution in [3.8, 4) is 0 Å². The monoisotopic (exact) mass is 485 g/mol. The maximum Gasteiger partial charge on any atom is 0.416 e. The van der Waals surface area contributed by atoms with Gasteiger partial charge in [0.1, 0.15) is 11.6 Å². The van der Waals surface area contributed by atoms with Gasteiger partial charge in [-0.3, -0.25) is 0 Å². The minimum atomic E-state index is -4.47. The first-order valence-electron chi connectivity index (χ1n) is 12.1. The van der Waals surface area contributed by atoms with Gasteiger partial charge in [0.2, 0.25) is 5.95 Å². The van der Waals surface area contributed by atoms with Crippen molar-refractivity contribution in [2.75, 3.05) is 47.0 Å². The number of fused-ring (bicyclic) bond motifs is 1. The van der Waals surface area contributed by atoms with Gasteiger partial charge in [0.05, 0.1) is 23.3 Å². The van der Waals surface area contributed by atoms with Crippen LogP contribution in [0.3, 0.4) is 0 Å². The molecule has 0 radical (unpaired) electrons. The van der Waals surface area contributed by atoms with E-state index in [1.807, 2.05) is 6.07 Å². The quantitative estimate of drug-likeness (QED) is 0.478. The minimum Gasteiger partial charge on any atom is -0.399 e. The second kappa shape index (κ2) is 9.05. The standard InChI is InChI=1S/C25H30F3N7/c1-15-4-8-34(9-5-15)22-13-20-21(14-30-22)32-24(35-6-3-7-35)33-23(20)31-16(2)17-10-18(25(26,27)28)12-19(29)11-17/h10-16H,3-9,29H2,1-2H3,(H,31,32,33). The molecule has 0 bridgehead atoms. The van der Waals surface area contributed by atoms with E-state index in [2.05, 4.69) is 27.0 Å². The van der Waals surface area contributed by atoms with Crippen LogP contribution in [0.1, 0.15) is 50.3 Å². The Balaban J connectivity index is 1.52. The lowest BCUT2D eigenvalue weighted by Crippen LogP contribution is -2.38. The summed E-state index contributed by atoms with van der Waals surface area (Å²) in [5.74, 6) is 2.74. The molecule has 2 aliphatic rings. The van der Waals surface area contributed by atoms with E-state index in [1.165, 1.54) is 0 Å². The van der Waals surface area contributed by atoms with Crippen molar-refractivity contribution in [1.82, 2.24) is 15.0 Å². The number of nitrogens with zero attached hydrogens (tertiary/aromatic N) is 5. The normalized spacial score (nSPS) is 18.0. The van der Waals surface area contributed by atoms with Crippen LogP contribution >= 0.6 is 0 Å². The van der Waals surface area contributed by atoms with Crippen molar-refractivity contribution >= 4 is 34.2 Å². The number of nitrogen functional groups attached to an aromatic ring is 1. The van der Waals surface area contributed by atoms with Gasteiger partial charge >= 0.3 is 6.18 Å². The van der Waals surface area contributed by atoms with Crippen LogP contribution in [0.25, 0.3) is 10.9 Å². The van der Waals surface area contributed by atoms with Gasteiger partial charge in [-0.2, -0.15) is 18.2 Å². The van der Waals surface area contributed by atoms with Crippen LogP contribution in [-0.2, 0) is 6.18 Å². The van der Waals surface area contributed by atoms with E-state index in [-0.39, 0.29) is 5.69 Å². The largest absolute Gasteiger partial charge is 0.416 e. The number of hydrogen-bond acceptors (Lipinski definition) is 7. The first-order chi connectivity index (χ1) is 16.7. The highest BCUT2D eigenvalue weighted by Crippen LogP contribution is 2.35. The Morgan fingerprint density at radius 2 is 1.77 bits per heavy atom. The highest BCUT2D eigenvalue weighted by Gasteiger charge is 2.31. The Morgan fingerprint density at radius 3 is 2.43 bits per heavy atom. The number of benzene rings is 1. The maximum absolute atomic E-state index is 13.4. The van der Waals surface area contributed by atoms with Crippen molar-refractivity contribution in [3.63, 3.8) is 0 Å². The smallest absolute Gasteiger partial charge is 0.399 e. The number of hydrogen-bond donors (Lipinski definition) is 2. The number of nitrogens with two attached hydrogens (primary N) is 1. The lowest BCUT2D eigenvalue weighted by Gasteiger charge is -2.32. The van der Waals surface area contributed by atoms with E-state index in [1.54, 1.807) is 19.2 Å². The number of rotatable bonds is 5. The van der Waals surface area contributed by atoms with Gasteiger partial charge in [-0.25, -0.2) is 9.97 Å². The molecule has 2 aliphatic heterocycles. The molecule has 35 heavy (non-hydrogen) atoms. The van der Waals surface area contributed by atoms with Crippen molar-refractivity contribution in [2.24, 2.45) is 5.92 Å². The Labute approximate surface area is 202 Å². The molecular weight excluding hydrogens is 455 g/mol. The van der Waals surface area contributed by atoms with E-state index in [0.717, 1.165) is 68.8 Å². The number of aromatic nitrogens is 3. The van der Waals surface area contributed by atoms with Crippen LogP contribution in [0.15, 0.2) is 30.5 Å². The summed E-state index contributed by atoms with van der Waals surface area (Å²) in [5.41, 5.74) is 6.26. The molecule has 186 valence electrons. The molecule has 1 aromatic carbocycles. The van der Waals surface area contributed by atoms with Crippen LogP contribution in [-0.4, -0.2) is 41.1 Å². The zero-order valence-corrected chi connectivity index (χ0v) is 19.9. The lowest BCUT2D eigenvalue weighted by molar-refractivity contribution is -0.137. The van der Waals surface area contributed by atoms with Gasteiger partial charge in [0.15, 0.2) is 0 Å². The SMILES string of the molecule is CC1CCN(c2cc3c(NC(C)c4cc(N)cc(C(F)(F)F)c4)nc(N4CCC4)nc3cn2)CC1. The summed E-state index contributed by atoms with van der Waals surface area (Å²) in [4.78, 5) is 18.5. The fourth-order valence-electron chi connectivity index (χ4n) is 4.57. The number of alkyl halides is 3. The summed E-state index contributed by atoms with van der Waals surface area (Å²) < 4.78 is 40.1. The molecule has 0 amide bonds. The van der Waals surface area contributed by atoms with E-state index >= 15 is 0 Å². The average molecular weight is 486 g/mol. The Morgan fingerprint density at radius 1 is 1.03 bits per heavy atom. The molecule has 2 aromatic heterocycles. The lowest BCUT2D eigenvalue weighted by atomic mass is 9.99. The number of piperidine rings is 1. The third-order valence-electron chi connectivity index (χ3n) is 6.96. The second-order valence-electron chi connectivity index (χ2n) is 9.69. The van der Waals surface area contributed by atoms with Gasteiger partial charge in [0, 0.05) is 37.3 Å².